The van der Waals surface area contributed by atoms with Gasteiger partial charge in [-0.1, -0.05) is 0 Å². The van der Waals surface area contributed by atoms with Gasteiger partial charge in [0.15, 0.2) is 0 Å². The van der Waals surface area contributed by atoms with E-state index in [1.807, 2.05) is 0 Å². The number of anilines is 3. The average molecular weight is 328 g/mol. The van der Waals surface area contributed by atoms with Crippen LogP contribution in [0.4, 0.5) is 17.3 Å². The lowest BCUT2D eigenvalue weighted by Gasteiger charge is -2.10. The van der Waals surface area contributed by atoms with Crippen LogP contribution < -0.4 is 16.0 Å². The van der Waals surface area contributed by atoms with Crippen molar-refractivity contribution in [3.05, 3.63) is 30.1 Å². The fraction of sp³-hybridized carbons (Fsp3) is 0.267. The smallest absolute Gasteiger partial charge is 0.252 e. The minimum absolute atomic E-state index is 0.0465. The van der Waals surface area contributed by atoms with Crippen LogP contribution in [0.25, 0.3) is 0 Å². The van der Waals surface area contributed by atoms with Crippen molar-refractivity contribution in [2.75, 3.05) is 16.0 Å². The molecule has 3 N–H and O–H groups in total. The summed E-state index contributed by atoms with van der Waals surface area (Å²) in [5.74, 6) is 0.0986. The molecule has 1 aliphatic heterocycles. The van der Waals surface area contributed by atoms with Crippen molar-refractivity contribution in [1.82, 2.24) is 14.8 Å². The van der Waals surface area contributed by atoms with Crippen molar-refractivity contribution in [2.45, 2.75) is 26.3 Å². The summed E-state index contributed by atoms with van der Waals surface area (Å²) in [6.07, 6.45) is -0.0465. The zero-order valence-corrected chi connectivity index (χ0v) is 13.2. The highest BCUT2D eigenvalue weighted by molar-refractivity contribution is 6.01. The topological polar surface area (TPSA) is 118 Å². The van der Waals surface area contributed by atoms with E-state index in [4.69, 9.17) is 0 Å². The first kappa shape index (κ1) is 15.7. The Balaban J connectivity index is 1.63. The number of benzene rings is 1. The van der Waals surface area contributed by atoms with E-state index in [-0.39, 0.29) is 24.1 Å². The summed E-state index contributed by atoms with van der Waals surface area (Å²) < 4.78 is 1.43. The van der Waals surface area contributed by atoms with E-state index < -0.39 is 6.04 Å². The van der Waals surface area contributed by atoms with Crippen LogP contribution in [0.2, 0.25) is 0 Å². The number of aromatic nitrogens is 3. The summed E-state index contributed by atoms with van der Waals surface area (Å²) in [6.45, 7) is 3.13. The predicted molar refractivity (Wildman–Crippen MR) is 86.4 cm³/mol. The SMILES string of the molecule is CC(=O)Nc1ccc(NC(=O)CC2C(=O)Nc3nc(C)nn32)cc1. The van der Waals surface area contributed by atoms with Crippen LogP contribution in [-0.2, 0) is 14.4 Å². The van der Waals surface area contributed by atoms with E-state index in [0.717, 1.165) is 0 Å². The van der Waals surface area contributed by atoms with Crippen molar-refractivity contribution >= 4 is 35.0 Å². The van der Waals surface area contributed by atoms with Gasteiger partial charge in [-0.05, 0) is 31.2 Å². The summed E-state index contributed by atoms with van der Waals surface area (Å²) in [4.78, 5) is 39.1. The molecule has 0 aliphatic carbocycles. The Bertz CT molecular complexity index is 811. The number of amides is 3. The lowest BCUT2D eigenvalue weighted by Crippen LogP contribution is -2.23. The molecule has 24 heavy (non-hydrogen) atoms. The first-order valence-corrected chi connectivity index (χ1v) is 7.34. The molecule has 1 aromatic carbocycles. The molecule has 124 valence electrons. The molecule has 1 aliphatic rings. The molecular formula is C15H16N6O3. The number of nitrogens with zero attached hydrogens (tertiary/aromatic N) is 3. The van der Waals surface area contributed by atoms with Gasteiger partial charge < -0.3 is 10.6 Å². The zero-order chi connectivity index (χ0) is 17.3. The summed E-state index contributed by atoms with van der Waals surface area (Å²) >= 11 is 0. The van der Waals surface area contributed by atoms with Crippen molar-refractivity contribution < 1.29 is 14.4 Å². The van der Waals surface area contributed by atoms with Crippen LogP contribution in [-0.4, -0.2) is 32.5 Å². The molecule has 0 bridgehead atoms. The lowest BCUT2D eigenvalue weighted by atomic mass is 10.2. The minimum atomic E-state index is -0.708. The fourth-order valence-electron chi connectivity index (χ4n) is 2.44. The molecule has 1 aromatic heterocycles. The van der Waals surface area contributed by atoms with Crippen LogP contribution >= 0.6 is 0 Å². The van der Waals surface area contributed by atoms with Gasteiger partial charge in [-0.15, -0.1) is 0 Å². The van der Waals surface area contributed by atoms with E-state index >= 15 is 0 Å². The van der Waals surface area contributed by atoms with Crippen LogP contribution in [0, 0.1) is 6.92 Å². The molecule has 0 saturated carbocycles. The molecule has 9 heteroatoms. The first-order valence-electron chi connectivity index (χ1n) is 7.34. The standard InChI is InChI=1S/C15H16N6O3/c1-8-16-15-19-14(24)12(21(15)20-8)7-13(23)18-11-5-3-10(4-6-11)17-9(2)22/h3-6,12H,7H2,1-2H3,(H,17,22)(H,18,23)(H,16,19,20,24). The van der Waals surface area contributed by atoms with Gasteiger partial charge in [0, 0.05) is 18.3 Å². The van der Waals surface area contributed by atoms with Crippen LogP contribution in [0.15, 0.2) is 24.3 Å². The molecule has 0 radical (unpaired) electrons. The molecule has 9 nitrogen and oxygen atoms in total. The van der Waals surface area contributed by atoms with E-state index in [0.29, 0.717) is 23.1 Å². The van der Waals surface area contributed by atoms with Crippen molar-refractivity contribution in [3.63, 3.8) is 0 Å². The average Bonchev–Trinajstić information content (AvgIpc) is 2.98. The van der Waals surface area contributed by atoms with Crippen molar-refractivity contribution in [3.8, 4) is 0 Å². The van der Waals surface area contributed by atoms with Gasteiger partial charge in [0.2, 0.25) is 17.8 Å². The highest BCUT2D eigenvalue weighted by Crippen LogP contribution is 2.25. The maximum Gasteiger partial charge on any atom is 0.252 e. The maximum absolute atomic E-state index is 12.2. The second kappa shape index (κ2) is 6.11. The molecule has 0 fully saturated rings. The Kier molecular flexibility index (Phi) is 3.98. The first-order chi connectivity index (χ1) is 11.4. The van der Waals surface area contributed by atoms with Crippen LogP contribution in [0.3, 0.4) is 0 Å². The van der Waals surface area contributed by atoms with Gasteiger partial charge in [0.05, 0.1) is 6.42 Å². The van der Waals surface area contributed by atoms with Crippen LogP contribution in [0.5, 0.6) is 0 Å². The summed E-state index contributed by atoms with van der Waals surface area (Å²) in [5.41, 5.74) is 1.21. The number of fused-ring (bicyclic) bond motifs is 1. The van der Waals surface area contributed by atoms with Gasteiger partial charge in [-0.2, -0.15) is 10.1 Å². The number of carbonyl (C=O) groups is 3. The van der Waals surface area contributed by atoms with Crippen molar-refractivity contribution in [1.29, 1.82) is 0 Å². The fourth-order valence-corrected chi connectivity index (χ4v) is 2.44. The minimum Gasteiger partial charge on any atom is -0.326 e. The number of rotatable bonds is 4. The number of nitrogens with one attached hydrogen (secondary N) is 3. The Morgan fingerprint density at radius 2 is 1.83 bits per heavy atom. The molecule has 2 aromatic rings. The quantitative estimate of drug-likeness (QED) is 0.776. The summed E-state index contributed by atoms with van der Waals surface area (Å²) in [6, 6.07) is 5.99. The maximum atomic E-state index is 12.2. The third kappa shape index (κ3) is 3.24. The predicted octanol–water partition coefficient (Wildman–Crippen LogP) is 1.07. The van der Waals surface area contributed by atoms with E-state index in [1.165, 1.54) is 11.6 Å². The van der Waals surface area contributed by atoms with Gasteiger partial charge in [-0.3, -0.25) is 19.7 Å². The number of hydrogen-bond acceptors (Lipinski definition) is 5. The third-order valence-electron chi connectivity index (χ3n) is 3.44. The van der Waals surface area contributed by atoms with Gasteiger partial charge in [-0.25, -0.2) is 4.68 Å². The molecule has 1 atom stereocenters. The Morgan fingerprint density at radius 1 is 1.21 bits per heavy atom. The monoisotopic (exact) mass is 328 g/mol. The third-order valence-corrected chi connectivity index (χ3v) is 3.44. The number of aryl methyl sites for hydroxylation is 1. The molecule has 3 rings (SSSR count). The molecule has 1 unspecified atom stereocenters. The van der Waals surface area contributed by atoms with Crippen LogP contribution in [0.1, 0.15) is 25.2 Å². The molecule has 3 amide bonds. The Hall–Kier alpha value is -3.23. The summed E-state index contributed by atoms with van der Waals surface area (Å²) in [7, 11) is 0. The zero-order valence-electron chi connectivity index (χ0n) is 13.2. The highest BCUT2D eigenvalue weighted by Gasteiger charge is 2.34. The largest absolute Gasteiger partial charge is 0.326 e. The van der Waals surface area contributed by atoms with Gasteiger partial charge in [0.25, 0.3) is 5.91 Å². The molecule has 0 spiro atoms. The second-order valence-corrected chi connectivity index (χ2v) is 5.44. The second-order valence-electron chi connectivity index (χ2n) is 5.44. The number of carbonyl (C=O) groups excluding carboxylic acids is 3. The normalized spacial score (nSPS) is 15.6. The molecule has 0 saturated heterocycles. The van der Waals surface area contributed by atoms with E-state index in [9.17, 15) is 14.4 Å². The van der Waals surface area contributed by atoms with E-state index in [1.54, 1.807) is 31.2 Å². The lowest BCUT2D eigenvalue weighted by molar-refractivity contribution is -0.123. The molecule has 2 heterocycles. The number of hydrogen-bond donors (Lipinski definition) is 3. The van der Waals surface area contributed by atoms with Gasteiger partial charge in [0.1, 0.15) is 11.9 Å². The van der Waals surface area contributed by atoms with Gasteiger partial charge >= 0.3 is 0 Å². The van der Waals surface area contributed by atoms with E-state index in [2.05, 4.69) is 26.0 Å². The highest BCUT2D eigenvalue weighted by atomic mass is 16.2. The Labute approximate surface area is 137 Å². The molecular weight excluding hydrogens is 312 g/mol. The van der Waals surface area contributed by atoms with Crippen molar-refractivity contribution in [2.24, 2.45) is 0 Å². The Morgan fingerprint density at radius 3 is 2.46 bits per heavy atom. The summed E-state index contributed by atoms with van der Waals surface area (Å²) in [5, 5.41) is 12.1.